The summed E-state index contributed by atoms with van der Waals surface area (Å²) in [6, 6.07) is 7.69. The third-order valence-electron chi connectivity index (χ3n) is 4.17. The predicted molar refractivity (Wildman–Crippen MR) is 104 cm³/mol. The lowest BCUT2D eigenvalue weighted by Crippen LogP contribution is -2.19. The predicted octanol–water partition coefficient (Wildman–Crippen LogP) is 4.63. The quantitative estimate of drug-likeness (QED) is 0.673. The van der Waals surface area contributed by atoms with E-state index >= 15 is 0 Å². The van der Waals surface area contributed by atoms with Gasteiger partial charge in [-0.15, -0.1) is 0 Å². The maximum Gasteiger partial charge on any atom is 0.422 e. The molecular weight excluding hydrogens is 427 g/mol. The number of amides is 1. The first-order valence-corrected chi connectivity index (χ1v) is 9.38. The zero-order valence-electron chi connectivity index (χ0n) is 16.0. The van der Waals surface area contributed by atoms with E-state index in [4.69, 9.17) is 30.5 Å². The zero-order valence-corrected chi connectivity index (χ0v) is 16.7. The molecule has 1 N–H and O–H groups in total. The van der Waals surface area contributed by atoms with E-state index in [1.165, 1.54) is 19.2 Å². The Hall–Kier alpha value is -2.81. The Kier molecular flexibility index (Phi) is 6.81. The summed E-state index contributed by atoms with van der Waals surface area (Å²) in [6.07, 6.45) is -3.99. The number of ether oxygens (including phenoxy) is 4. The lowest BCUT2D eigenvalue weighted by molar-refractivity contribution is -0.153. The van der Waals surface area contributed by atoms with Crippen molar-refractivity contribution in [2.75, 3.05) is 32.2 Å². The normalized spacial score (nSPS) is 13.0. The van der Waals surface area contributed by atoms with Crippen LogP contribution in [0.4, 0.5) is 18.9 Å². The molecule has 3 rings (SSSR count). The second-order valence-electron chi connectivity index (χ2n) is 6.41. The van der Waals surface area contributed by atoms with Crippen LogP contribution in [0.25, 0.3) is 0 Å². The van der Waals surface area contributed by atoms with Gasteiger partial charge in [0.15, 0.2) is 29.6 Å². The zero-order chi connectivity index (χ0) is 21.7. The molecule has 1 heterocycles. The van der Waals surface area contributed by atoms with Gasteiger partial charge in [0, 0.05) is 18.6 Å². The van der Waals surface area contributed by atoms with E-state index in [0.717, 1.165) is 0 Å². The Bertz CT molecular complexity index is 920. The fourth-order valence-electron chi connectivity index (χ4n) is 2.78. The molecule has 1 aliphatic heterocycles. The van der Waals surface area contributed by atoms with Crippen LogP contribution in [0.1, 0.15) is 12.0 Å². The number of aryl methyl sites for hydroxylation is 1. The monoisotopic (exact) mass is 445 g/mol. The molecule has 0 atom stereocenters. The number of carbonyl (C=O) groups is 1. The van der Waals surface area contributed by atoms with Gasteiger partial charge in [0.05, 0.1) is 17.8 Å². The lowest BCUT2D eigenvalue weighted by atomic mass is 10.1. The molecule has 0 bridgehead atoms. The molecule has 0 fully saturated rings. The first-order valence-electron chi connectivity index (χ1n) is 9.00. The second-order valence-corrected chi connectivity index (χ2v) is 6.82. The Morgan fingerprint density at radius 3 is 2.50 bits per heavy atom. The number of hydrogen-bond acceptors (Lipinski definition) is 5. The Balaban J connectivity index is 1.59. The van der Waals surface area contributed by atoms with Gasteiger partial charge in [-0.1, -0.05) is 17.7 Å². The molecule has 0 radical (unpaired) electrons. The second kappa shape index (κ2) is 9.34. The maximum atomic E-state index is 12.3. The Labute approximate surface area is 175 Å². The molecule has 2 aromatic rings. The number of benzene rings is 2. The van der Waals surface area contributed by atoms with Crippen molar-refractivity contribution in [2.45, 2.75) is 19.0 Å². The number of carbonyl (C=O) groups excluding carboxylic acids is 1. The van der Waals surface area contributed by atoms with E-state index in [0.29, 0.717) is 47.4 Å². The van der Waals surface area contributed by atoms with Crippen LogP contribution < -0.4 is 24.3 Å². The van der Waals surface area contributed by atoms with Crippen LogP contribution in [0.15, 0.2) is 30.3 Å². The van der Waals surface area contributed by atoms with Crippen molar-refractivity contribution in [3.63, 3.8) is 0 Å². The van der Waals surface area contributed by atoms with Crippen molar-refractivity contribution < 1.29 is 36.9 Å². The van der Waals surface area contributed by atoms with E-state index in [2.05, 4.69) is 5.32 Å². The van der Waals surface area contributed by atoms with Crippen molar-refractivity contribution in [3.05, 3.63) is 40.9 Å². The van der Waals surface area contributed by atoms with Gasteiger partial charge in [0.25, 0.3) is 0 Å². The SMILES string of the molecule is COc1cc(CCC(=O)Nc2cc3c(cc2Cl)OCCO3)ccc1OCC(F)(F)F. The van der Waals surface area contributed by atoms with E-state index < -0.39 is 12.8 Å². The van der Waals surface area contributed by atoms with Crippen LogP contribution in [0, 0.1) is 0 Å². The summed E-state index contributed by atoms with van der Waals surface area (Å²) in [4.78, 5) is 12.3. The summed E-state index contributed by atoms with van der Waals surface area (Å²) in [5.41, 5.74) is 1.11. The first-order chi connectivity index (χ1) is 14.2. The molecule has 30 heavy (non-hydrogen) atoms. The van der Waals surface area contributed by atoms with Gasteiger partial charge in [-0.25, -0.2) is 0 Å². The standard InChI is InChI=1S/C20H19ClF3NO5/c1-27-16-8-12(2-4-15(16)30-11-20(22,23)24)3-5-19(26)25-14-10-18-17(9-13(14)21)28-6-7-29-18/h2,4,8-10H,3,5-7,11H2,1H3,(H,25,26). The molecule has 6 nitrogen and oxygen atoms in total. The summed E-state index contributed by atoms with van der Waals surface area (Å²) >= 11 is 6.18. The van der Waals surface area contributed by atoms with Gasteiger partial charge in [-0.2, -0.15) is 13.2 Å². The topological polar surface area (TPSA) is 66.0 Å². The largest absolute Gasteiger partial charge is 0.493 e. The third-order valence-corrected chi connectivity index (χ3v) is 4.48. The van der Waals surface area contributed by atoms with Gasteiger partial charge in [0.2, 0.25) is 5.91 Å². The van der Waals surface area contributed by atoms with Crippen LogP contribution in [0.2, 0.25) is 5.02 Å². The van der Waals surface area contributed by atoms with Gasteiger partial charge in [-0.05, 0) is 24.1 Å². The molecule has 10 heteroatoms. The van der Waals surface area contributed by atoms with E-state index in [1.54, 1.807) is 18.2 Å². The summed E-state index contributed by atoms with van der Waals surface area (Å²) in [6.45, 7) is -0.577. The molecule has 0 aromatic heterocycles. The Morgan fingerprint density at radius 1 is 1.13 bits per heavy atom. The highest BCUT2D eigenvalue weighted by atomic mass is 35.5. The number of methoxy groups -OCH3 is 1. The van der Waals surface area contributed by atoms with Crippen LogP contribution >= 0.6 is 11.6 Å². The van der Waals surface area contributed by atoms with Crippen molar-refractivity contribution in [1.82, 2.24) is 0 Å². The first kappa shape index (κ1) is 21.9. The highest BCUT2D eigenvalue weighted by Crippen LogP contribution is 2.38. The maximum absolute atomic E-state index is 12.3. The van der Waals surface area contributed by atoms with Gasteiger partial charge >= 0.3 is 6.18 Å². The van der Waals surface area contributed by atoms with E-state index in [9.17, 15) is 18.0 Å². The molecule has 0 saturated heterocycles. The van der Waals surface area contributed by atoms with Gasteiger partial charge < -0.3 is 24.3 Å². The molecule has 2 aromatic carbocycles. The molecule has 1 amide bonds. The summed E-state index contributed by atoms with van der Waals surface area (Å²) in [5.74, 6) is 0.868. The minimum Gasteiger partial charge on any atom is -0.493 e. The molecule has 0 spiro atoms. The third kappa shape index (κ3) is 5.85. The molecule has 1 aliphatic rings. The fraction of sp³-hybridized carbons (Fsp3) is 0.350. The summed E-state index contributed by atoms with van der Waals surface area (Å²) in [5, 5.41) is 3.04. The smallest absolute Gasteiger partial charge is 0.422 e. The molecular formula is C20H19ClF3NO5. The average Bonchev–Trinajstić information content (AvgIpc) is 2.71. The minimum absolute atomic E-state index is 0.0221. The van der Waals surface area contributed by atoms with Gasteiger partial charge in [0.1, 0.15) is 13.2 Å². The van der Waals surface area contributed by atoms with Crippen molar-refractivity contribution >= 4 is 23.2 Å². The number of rotatable bonds is 7. The molecule has 0 saturated carbocycles. The molecule has 0 unspecified atom stereocenters. The van der Waals surface area contributed by atoms with Crippen molar-refractivity contribution in [2.24, 2.45) is 0 Å². The number of alkyl halides is 3. The number of nitrogens with one attached hydrogen (secondary N) is 1. The number of fused-ring (bicyclic) bond motifs is 1. The highest BCUT2D eigenvalue weighted by molar-refractivity contribution is 6.34. The summed E-state index contributed by atoms with van der Waals surface area (Å²) < 4.78 is 57.7. The molecule has 0 aliphatic carbocycles. The van der Waals surface area contributed by atoms with Crippen molar-refractivity contribution in [1.29, 1.82) is 0 Å². The average molecular weight is 446 g/mol. The van der Waals surface area contributed by atoms with Gasteiger partial charge in [-0.3, -0.25) is 4.79 Å². The number of hydrogen-bond donors (Lipinski definition) is 1. The van der Waals surface area contributed by atoms with Crippen LogP contribution in [0.5, 0.6) is 23.0 Å². The Morgan fingerprint density at radius 2 is 1.83 bits per heavy atom. The van der Waals surface area contributed by atoms with Crippen LogP contribution in [-0.2, 0) is 11.2 Å². The fourth-order valence-corrected chi connectivity index (χ4v) is 2.98. The lowest BCUT2D eigenvalue weighted by Gasteiger charge is -2.20. The van der Waals surface area contributed by atoms with Crippen LogP contribution in [-0.4, -0.2) is 39.0 Å². The summed E-state index contributed by atoms with van der Waals surface area (Å²) in [7, 11) is 1.33. The van der Waals surface area contributed by atoms with E-state index in [1.807, 2.05) is 0 Å². The highest BCUT2D eigenvalue weighted by Gasteiger charge is 2.29. The van der Waals surface area contributed by atoms with Crippen LogP contribution in [0.3, 0.4) is 0 Å². The van der Waals surface area contributed by atoms with Crippen molar-refractivity contribution in [3.8, 4) is 23.0 Å². The van der Waals surface area contributed by atoms with E-state index in [-0.39, 0.29) is 23.8 Å². The minimum atomic E-state index is -4.45. The number of anilines is 1. The molecule has 162 valence electrons. The number of halogens is 4.